The number of hydrogen-bond donors (Lipinski definition) is 2. The van der Waals surface area contributed by atoms with Gasteiger partial charge in [-0.3, -0.25) is 20.0 Å². The van der Waals surface area contributed by atoms with E-state index in [0.717, 1.165) is 19.6 Å². The first kappa shape index (κ1) is 12.4. The second-order valence-electron chi connectivity index (χ2n) is 4.89. The van der Waals surface area contributed by atoms with Crippen molar-refractivity contribution < 1.29 is 4.79 Å². The fourth-order valence-corrected chi connectivity index (χ4v) is 1.89. The van der Waals surface area contributed by atoms with Crippen molar-refractivity contribution in [2.24, 2.45) is 5.84 Å². The highest BCUT2D eigenvalue weighted by Crippen LogP contribution is 2.20. The molecule has 1 aliphatic heterocycles. The second kappa shape index (κ2) is 4.47. The molecule has 88 valence electrons. The average Bonchev–Trinajstić information content (AvgIpc) is 2.19. The first-order chi connectivity index (χ1) is 6.88. The van der Waals surface area contributed by atoms with Crippen molar-refractivity contribution >= 4 is 5.91 Å². The molecule has 1 saturated heterocycles. The maximum Gasteiger partial charge on any atom is 0.250 e. The van der Waals surface area contributed by atoms with E-state index in [-0.39, 0.29) is 17.5 Å². The molecule has 1 amide bonds. The normalized spacial score (nSPS) is 24.9. The van der Waals surface area contributed by atoms with Gasteiger partial charge in [0.1, 0.15) is 0 Å². The molecule has 1 atom stereocenters. The number of carbonyl (C=O) groups excluding carboxylic acids is 1. The average molecular weight is 214 g/mol. The van der Waals surface area contributed by atoms with Crippen molar-refractivity contribution in [2.45, 2.75) is 32.4 Å². The molecule has 0 aromatic rings. The van der Waals surface area contributed by atoms with Gasteiger partial charge < -0.3 is 0 Å². The number of carbonyl (C=O) groups is 1. The highest BCUT2D eigenvalue weighted by Gasteiger charge is 2.34. The van der Waals surface area contributed by atoms with Crippen LogP contribution in [0.2, 0.25) is 0 Å². The molecule has 1 aliphatic rings. The Morgan fingerprint density at radius 1 is 1.47 bits per heavy atom. The molecule has 5 heteroatoms. The molecule has 0 aromatic heterocycles. The SMILES string of the molecule is CC(C(=O)NN)N1CCN(C)C(C)(C)C1. The molecule has 0 saturated carbocycles. The van der Waals surface area contributed by atoms with Crippen LogP contribution in [0.1, 0.15) is 20.8 Å². The van der Waals surface area contributed by atoms with Crippen molar-refractivity contribution in [2.75, 3.05) is 26.7 Å². The summed E-state index contributed by atoms with van der Waals surface area (Å²) in [6.07, 6.45) is 0. The zero-order chi connectivity index (χ0) is 11.6. The van der Waals surface area contributed by atoms with E-state index in [1.54, 1.807) is 0 Å². The first-order valence-electron chi connectivity index (χ1n) is 5.34. The van der Waals surface area contributed by atoms with Crippen LogP contribution < -0.4 is 11.3 Å². The lowest BCUT2D eigenvalue weighted by Gasteiger charge is -2.46. The quantitative estimate of drug-likeness (QED) is 0.366. The minimum atomic E-state index is -0.150. The van der Waals surface area contributed by atoms with Crippen LogP contribution in [0.3, 0.4) is 0 Å². The molecule has 0 bridgehead atoms. The van der Waals surface area contributed by atoms with Gasteiger partial charge in [0.15, 0.2) is 0 Å². The van der Waals surface area contributed by atoms with E-state index in [1.165, 1.54) is 0 Å². The predicted octanol–water partition coefficient (Wildman–Crippen LogP) is -0.609. The lowest BCUT2D eigenvalue weighted by molar-refractivity contribution is -0.127. The predicted molar refractivity (Wildman–Crippen MR) is 60.1 cm³/mol. The molecule has 1 heterocycles. The molecule has 15 heavy (non-hydrogen) atoms. The van der Waals surface area contributed by atoms with Gasteiger partial charge in [0, 0.05) is 25.2 Å². The zero-order valence-electron chi connectivity index (χ0n) is 10.1. The number of hydrazine groups is 1. The molecule has 1 unspecified atom stereocenters. The van der Waals surface area contributed by atoms with Gasteiger partial charge in [0.25, 0.3) is 5.91 Å². The van der Waals surface area contributed by atoms with Gasteiger partial charge in [-0.05, 0) is 27.8 Å². The van der Waals surface area contributed by atoms with E-state index in [9.17, 15) is 4.79 Å². The highest BCUT2D eigenvalue weighted by atomic mass is 16.2. The summed E-state index contributed by atoms with van der Waals surface area (Å²) in [6.45, 7) is 9.05. The van der Waals surface area contributed by atoms with Gasteiger partial charge in [0.2, 0.25) is 0 Å². The Morgan fingerprint density at radius 3 is 2.53 bits per heavy atom. The van der Waals surface area contributed by atoms with Crippen LogP contribution in [-0.2, 0) is 4.79 Å². The Balaban J connectivity index is 2.63. The van der Waals surface area contributed by atoms with Crippen molar-refractivity contribution in [1.82, 2.24) is 15.2 Å². The summed E-state index contributed by atoms with van der Waals surface area (Å²) >= 11 is 0. The number of likely N-dealkylation sites (N-methyl/N-ethyl adjacent to an activating group) is 1. The summed E-state index contributed by atoms with van der Waals surface area (Å²) in [4.78, 5) is 15.9. The molecule has 0 spiro atoms. The maximum absolute atomic E-state index is 11.4. The number of piperazine rings is 1. The van der Waals surface area contributed by atoms with Gasteiger partial charge >= 0.3 is 0 Å². The van der Waals surface area contributed by atoms with E-state index in [1.807, 2.05) is 6.92 Å². The minimum Gasteiger partial charge on any atom is -0.299 e. The number of nitrogens with zero attached hydrogens (tertiary/aromatic N) is 2. The van der Waals surface area contributed by atoms with E-state index in [4.69, 9.17) is 5.84 Å². The standard InChI is InChI=1S/C10H22N4O/c1-8(9(15)12-11)14-6-5-13(4)10(2,3)7-14/h8H,5-7,11H2,1-4H3,(H,12,15). The smallest absolute Gasteiger partial charge is 0.250 e. The van der Waals surface area contributed by atoms with Gasteiger partial charge in [-0.1, -0.05) is 0 Å². The molecule has 1 fully saturated rings. The van der Waals surface area contributed by atoms with Gasteiger partial charge in [-0.25, -0.2) is 5.84 Å². The number of rotatable bonds is 2. The summed E-state index contributed by atoms with van der Waals surface area (Å²) < 4.78 is 0. The molecular formula is C10H22N4O. The number of nitrogens with one attached hydrogen (secondary N) is 1. The summed E-state index contributed by atoms with van der Waals surface area (Å²) in [7, 11) is 2.12. The molecule has 0 aromatic carbocycles. The molecule has 0 radical (unpaired) electrons. The number of hydrogen-bond acceptors (Lipinski definition) is 4. The van der Waals surface area contributed by atoms with Crippen molar-refractivity contribution in [1.29, 1.82) is 0 Å². The monoisotopic (exact) mass is 214 g/mol. The lowest BCUT2D eigenvalue weighted by Crippen LogP contribution is -2.61. The summed E-state index contributed by atoms with van der Waals surface area (Å²) in [5.41, 5.74) is 2.32. The van der Waals surface area contributed by atoms with Crippen molar-refractivity contribution in [3.05, 3.63) is 0 Å². The molecule has 1 rings (SSSR count). The van der Waals surface area contributed by atoms with Crippen LogP contribution in [-0.4, -0.2) is 54.0 Å². The molecular weight excluding hydrogens is 192 g/mol. The Hall–Kier alpha value is -0.650. The first-order valence-corrected chi connectivity index (χ1v) is 5.34. The van der Waals surface area contributed by atoms with Gasteiger partial charge in [-0.15, -0.1) is 0 Å². The lowest BCUT2D eigenvalue weighted by atomic mass is 9.98. The van der Waals surface area contributed by atoms with Crippen LogP contribution in [0.4, 0.5) is 0 Å². The number of nitrogens with two attached hydrogens (primary N) is 1. The van der Waals surface area contributed by atoms with E-state index < -0.39 is 0 Å². The van der Waals surface area contributed by atoms with Gasteiger partial charge in [0.05, 0.1) is 6.04 Å². The Bertz CT molecular complexity index is 242. The summed E-state index contributed by atoms with van der Waals surface area (Å²) in [6, 6.07) is -0.150. The van der Waals surface area contributed by atoms with E-state index in [2.05, 4.69) is 36.1 Å². The van der Waals surface area contributed by atoms with Crippen LogP contribution in [0.15, 0.2) is 0 Å². The summed E-state index contributed by atoms with van der Waals surface area (Å²) in [5.74, 6) is 5.02. The fraction of sp³-hybridized carbons (Fsp3) is 0.900. The van der Waals surface area contributed by atoms with Crippen molar-refractivity contribution in [3.63, 3.8) is 0 Å². The fourth-order valence-electron chi connectivity index (χ4n) is 1.89. The van der Waals surface area contributed by atoms with Crippen LogP contribution in [0, 0.1) is 0 Å². The van der Waals surface area contributed by atoms with Crippen LogP contribution in [0.5, 0.6) is 0 Å². The third-order valence-corrected chi connectivity index (χ3v) is 3.42. The molecule has 3 N–H and O–H groups in total. The van der Waals surface area contributed by atoms with E-state index >= 15 is 0 Å². The summed E-state index contributed by atoms with van der Waals surface area (Å²) in [5, 5.41) is 0. The highest BCUT2D eigenvalue weighted by molar-refractivity contribution is 5.80. The molecule has 0 aliphatic carbocycles. The topological polar surface area (TPSA) is 61.6 Å². The van der Waals surface area contributed by atoms with Gasteiger partial charge in [-0.2, -0.15) is 0 Å². The van der Waals surface area contributed by atoms with Crippen LogP contribution >= 0.6 is 0 Å². The second-order valence-corrected chi connectivity index (χ2v) is 4.89. The van der Waals surface area contributed by atoms with E-state index in [0.29, 0.717) is 0 Å². The maximum atomic E-state index is 11.4. The minimum absolute atomic E-state index is 0.112. The number of amides is 1. The zero-order valence-corrected chi connectivity index (χ0v) is 10.1. The van der Waals surface area contributed by atoms with Crippen molar-refractivity contribution in [3.8, 4) is 0 Å². The molecule has 5 nitrogen and oxygen atoms in total. The van der Waals surface area contributed by atoms with Crippen LogP contribution in [0.25, 0.3) is 0 Å². The Labute approximate surface area is 91.6 Å². The third-order valence-electron chi connectivity index (χ3n) is 3.42. The Morgan fingerprint density at radius 2 is 2.07 bits per heavy atom. The third kappa shape index (κ3) is 2.68. The largest absolute Gasteiger partial charge is 0.299 e. The Kier molecular flexibility index (Phi) is 3.70.